The van der Waals surface area contributed by atoms with E-state index in [1.165, 1.54) is 67.2 Å². The Bertz CT molecular complexity index is 678. The first kappa shape index (κ1) is 15.1. The normalized spacial score (nSPS) is 20.3. The van der Waals surface area contributed by atoms with Crippen molar-refractivity contribution in [3.8, 4) is 5.75 Å². The van der Waals surface area contributed by atoms with E-state index in [2.05, 4.69) is 28.9 Å². The van der Waals surface area contributed by atoms with Crippen LogP contribution in [-0.4, -0.2) is 30.1 Å². The Balaban J connectivity index is 1.49. The SMILES string of the molecule is COc1cc(C)c2[nH]ccc2c1CN1CCC(CC2CC2)CC1. The molecule has 4 rings (SSSR count). The van der Waals surface area contributed by atoms with E-state index in [0.29, 0.717) is 0 Å². The molecule has 23 heavy (non-hydrogen) atoms. The number of aryl methyl sites for hydroxylation is 1. The molecule has 0 bridgehead atoms. The molecule has 1 aromatic carbocycles. The highest BCUT2D eigenvalue weighted by atomic mass is 16.5. The summed E-state index contributed by atoms with van der Waals surface area (Å²) in [5.41, 5.74) is 3.85. The molecule has 1 aromatic heterocycles. The number of nitrogens with one attached hydrogen (secondary N) is 1. The smallest absolute Gasteiger partial charge is 0.124 e. The Morgan fingerprint density at radius 1 is 1.17 bits per heavy atom. The first-order valence-electron chi connectivity index (χ1n) is 9.10. The molecule has 2 aliphatic rings. The minimum atomic E-state index is 0.978. The van der Waals surface area contributed by atoms with E-state index in [9.17, 15) is 0 Å². The molecule has 0 unspecified atom stereocenters. The molecule has 2 fully saturated rings. The Labute approximate surface area is 139 Å². The minimum Gasteiger partial charge on any atom is -0.496 e. The second-order valence-electron chi connectivity index (χ2n) is 7.54. The maximum Gasteiger partial charge on any atom is 0.124 e. The number of fused-ring (bicyclic) bond motifs is 1. The van der Waals surface area contributed by atoms with Crippen molar-refractivity contribution in [3.05, 3.63) is 29.5 Å². The number of hydrogen-bond acceptors (Lipinski definition) is 2. The predicted octanol–water partition coefficient (Wildman–Crippen LogP) is 4.50. The summed E-state index contributed by atoms with van der Waals surface area (Å²) in [6, 6.07) is 4.37. The summed E-state index contributed by atoms with van der Waals surface area (Å²) < 4.78 is 5.69. The van der Waals surface area contributed by atoms with Crippen LogP contribution in [0.1, 0.15) is 43.2 Å². The van der Waals surface area contributed by atoms with Crippen LogP contribution < -0.4 is 4.74 Å². The number of benzene rings is 1. The highest BCUT2D eigenvalue weighted by Crippen LogP contribution is 2.39. The van der Waals surface area contributed by atoms with Gasteiger partial charge in [-0.05, 0) is 68.8 Å². The van der Waals surface area contributed by atoms with Crippen molar-refractivity contribution in [3.63, 3.8) is 0 Å². The summed E-state index contributed by atoms with van der Waals surface area (Å²) in [5.74, 6) is 3.09. The Morgan fingerprint density at radius 2 is 1.91 bits per heavy atom. The maximum absolute atomic E-state index is 5.69. The minimum absolute atomic E-state index is 0.978. The van der Waals surface area contributed by atoms with E-state index >= 15 is 0 Å². The largest absolute Gasteiger partial charge is 0.496 e. The van der Waals surface area contributed by atoms with Crippen LogP contribution in [0.4, 0.5) is 0 Å². The second kappa shape index (κ2) is 6.20. The van der Waals surface area contributed by atoms with Crippen molar-refractivity contribution >= 4 is 10.9 Å². The van der Waals surface area contributed by atoms with Crippen molar-refractivity contribution < 1.29 is 4.74 Å². The topological polar surface area (TPSA) is 28.3 Å². The van der Waals surface area contributed by atoms with Gasteiger partial charge in [-0.1, -0.05) is 12.8 Å². The number of rotatable bonds is 5. The van der Waals surface area contributed by atoms with Crippen LogP contribution in [0, 0.1) is 18.8 Å². The van der Waals surface area contributed by atoms with Gasteiger partial charge in [0, 0.05) is 29.2 Å². The van der Waals surface area contributed by atoms with Crippen molar-refractivity contribution in [1.29, 1.82) is 0 Å². The van der Waals surface area contributed by atoms with Gasteiger partial charge in [0.2, 0.25) is 0 Å². The molecule has 2 aromatic rings. The number of likely N-dealkylation sites (tertiary alicyclic amines) is 1. The first-order chi connectivity index (χ1) is 11.2. The van der Waals surface area contributed by atoms with Gasteiger partial charge in [0.1, 0.15) is 5.75 Å². The fourth-order valence-electron chi connectivity index (χ4n) is 4.21. The van der Waals surface area contributed by atoms with Gasteiger partial charge in [0.05, 0.1) is 7.11 Å². The lowest BCUT2D eigenvalue weighted by molar-refractivity contribution is 0.168. The molecule has 0 amide bonds. The lowest BCUT2D eigenvalue weighted by Gasteiger charge is -2.32. The summed E-state index contributed by atoms with van der Waals surface area (Å²) >= 11 is 0. The number of aromatic nitrogens is 1. The molecule has 2 heterocycles. The summed E-state index contributed by atoms with van der Waals surface area (Å²) in [5, 5.41) is 1.32. The lowest BCUT2D eigenvalue weighted by atomic mass is 9.91. The average Bonchev–Trinajstić information content (AvgIpc) is 3.23. The van der Waals surface area contributed by atoms with Crippen molar-refractivity contribution in [2.24, 2.45) is 11.8 Å². The zero-order valence-electron chi connectivity index (χ0n) is 14.4. The molecule has 0 spiro atoms. The van der Waals surface area contributed by atoms with Crippen LogP contribution in [0.25, 0.3) is 10.9 Å². The third-order valence-corrected chi connectivity index (χ3v) is 5.78. The van der Waals surface area contributed by atoms with E-state index in [0.717, 1.165) is 24.1 Å². The Kier molecular flexibility index (Phi) is 4.06. The van der Waals surface area contributed by atoms with Gasteiger partial charge in [-0.3, -0.25) is 4.90 Å². The molecule has 1 saturated heterocycles. The Hall–Kier alpha value is -1.48. The molecule has 1 aliphatic heterocycles. The maximum atomic E-state index is 5.69. The van der Waals surface area contributed by atoms with Crippen LogP contribution in [0.3, 0.4) is 0 Å². The Morgan fingerprint density at radius 3 is 2.61 bits per heavy atom. The van der Waals surface area contributed by atoms with Gasteiger partial charge in [-0.2, -0.15) is 0 Å². The molecular formula is C20H28N2O. The molecule has 1 saturated carbocycles. The third-order valence-electron chi connectivity index (χ3n) is 5.78. The van der Waals surface area contributed by atoms with Crippen LogP contribution in [0.5, 0.6) is 5.75 Å². The summed E-state index contributed by atoms with van der Waals surface area (Å²) in [6.07, 6.45) is 9.27. The van der Waals surface area contributed by atoms with Crippen molar-refractivity contribution in [2.45, 2.75) is 45.6 Å². The molecule has 3 nitrogen and oxygen atoms in total. The van der Waals surface area contributed by atoms with Gasteiger partial charge >= 0.3 is 0 Å². The summed E-state index contributed by atoms with van der Waals surface area (Å²) in [4.78, 5) is 5.99. The molecular weight excluding hydrogens is 284 g/mol. The van der Waals surface area contributed by atoms with E-state index < -0.39 is 0 Å². The van der Waals surface area contributed by atoms with Crippen LogP contribution in [0.15, 0.2) is 18.3 Å². The quantitative estimate of drug-likeness (QED) is 0.880. The predicted molar refractivity (Wildman–Crippen MR) is 94.9 cm³/mol. The number of piperidine rings is 1. The zero-order valence-corrected chi connectivity index (χ0v) is 14.4. The summed E-state index contributed by atoms with van der Waals surface area (Å²) in [6.45, 7) is 5.63. The van der Waals surface area contributed by atoms with Crippen molar-refractivity contribution in [1.82, 2.24) is 9.88 Å². The third kappa shape index (κ3) is 3.12. The number of methoxy groups -OCH3 is 1. The van der Waals surface area contributed by atoms with Gasteiger partial charge in [-0.25, -0.2) is 0 Å². The fourth-order valence-corrected chi connectivity index (χ4v) is 4.21. The molecule has 1 aliphatic carbocycles. The van der Waals surface area contributed by atoms with Gasteiger partial charge in [0.15, 0.2) is 0 Å². The highest BCUT2D eigenvalue weighted by Gasteiger charge is 2.28. The standard InChI is InChI=1S/C20H28N2O/c1-14-11-19(23-2)18(17-5-8-21-20(14)17)13-22-9-6-16(7-10-22)12-15-3-4-15/h5,8,11,15-16,21H,3-4,6-7,9-10,12-13H2,1-2H3. The monoisotopic (exact) mass is 312 g/mol. The first-order valence-corrected chi connectivity index (χ1v) is 9.10. The molecule has 124 valence electrons. The highest BCUT2D eigenvalue weighted by molar-refractivity contribution is 5.88. The number of ether oxygens (including phenoxy) is 1. The number of nitrogens with zero attached hydrogens (tertiary/aromatic N) is 1. The second-order valence-corrected chi connectivity index (χ2v) is 7.54. The molecule has 3 heteroatoms. The van der Waals surface area contributed by atoms with Gasteiger partial charge < -0.3 is 9.72 Å². The van der Waals surface area contributed by atoms with Crippen LogP contribution in [0.2, 0.25) is 0 Å². The fraction of sp³-hybridized carbons (Fsp3) is 0.600. The van der Waals surface area contributed by atoms with E-state index in [1.807, 2.05) is 6.20 Å². The number of hydrogen-bond donors (Lipinski definition) is 1. The number of aromatic amines is 1. The zero-order chi connectivity index (χ0) is 15.8. The van der Waals surface area contributed by atoms with Crippen LogP contribution in [-0.2, 0) is 6.54 Å². The van der Waals surface area contributed by atoms with Crippen molar-refractivity contribution in [2.75, 3.05) is 20.2 Å². The van der Waals surface area contributed by atoms with E-state index in [4.69, 9.17) is 4.74 Å². The molecule has 0 atom stereocenters. The van der Waals surface area contributed by atoms with E-state index in [1.54, 1.807) is 7.11 Å². The number of H-pyrrole nitrogens is 1. The molecule has 1 N–H and O–H groups in total. The van der Waals surface area contributed by atoms with E-state index in [-0.39, 0.29) is 0 Å². The van der Waals surface area contributed by atoms with Gasteiger partial charge in [-0.15, -0.1) is 0 Å². The lowest BCUT2D eigenvalue weighted by Crippen LogP contribution is -2.33. The molecule has 0 radical (unpaired) electrons. The van der Waals surface area contributed by atoms with Crippen LogP contribution >= 0.6 is 0 Å². The van der Waals surface area contributed by atoms with Gasteiger partial charge in [0.25, 0.3) is 0 Å². The average molecular weight is 312 g/mol. The summed E-state index contributed by atoms with van der Waals surface area (Å²) in [7, 11) is 1.79.